The average Bonchev–Trinajstić information content (AvgIpc) is 2.47. The van der Waals surface area contributed by atoms with Crippen molar-refractivity contribution in [2.24, 2.45) is 5.73 Å². The van der Waals surface area contributed by atoms with Crippen LogP contribution in [0.4, 0.5) is 5.69 Å². The Bertz CT molecular complexity index is 932. The molecular weight excluding hydrogens is 360 g/mol. The van der Waals surface area contributed by atoms with Crippen molar-refractivity contribution in [2.45, 2.75) is 38.0 Å². The Labute approximate surface area is 153 Å². The maximum atomic E-state index is 12.8. The van der Waals surface area contributed by atoms with Crippen LogP contribution in [-0.2, 0) is 15.4 Å². The van der Waals surface area contributed by atoms with Crippen LogP contribution in [0.15, 0.2) is 41.3 Å². The van der Waals surface area contributed by atoms with Crippen molar-refractivity contribution in [3.05, 3.63) is 58.1 Å². The van der Waals surface area contributed by atoms with Crippen molar-refractivity contribution >= 4 is 33.2 Å². The van der Waals surface area contributed by atoms with Gasteiger partial charge in [-0.15, -0.1) is 0 Å². The highest BCUT2D eigenvalue weighted by Gasteiger charge is 2.22. The van der Waals surface area contributed by atoms with E-state index in [0.29, 0.717) is 5.56 Å². The Hall–Kier alpha value is -2.05. The van der Waals surface area contributed by atoms with E-state index in [1.54, 1.807) is 19.1 Å². The summed E-state index contributed by atoms with van der Waals surface area (Å²) in [7, 11) is -3.83. The van der Waals surface area contributed by atoms with Gasteiger partial charge in [-0.1, -0.05) is 44.5 Å². The van der Waals surface area contributed by atoms with Gasteiger partial charge < -0.3 is 5.73 Å². The van der Waals surface area contributed by atoms with Gasteiger partial charge in [-0.2, -0.15) is 0 Å². The minimum atomic E-state index is -3.83. The summed E-state index contributed by atoms with van der Waals surface area (Å²) in [6, 6.07) is 9.61. The highest BCUT2D eigenvalue weighted by atomic mass is 35.5. The fraction of sp³-hybridized carbons (Fsp3) is 0.278. The third-order valence-electron chi connectivity index (χ3n) is 3.83. The normalized spacial score (nSPS) is 12.0. The van der Waals surface area contributed by atoms with Crippen LogP contribution < -0.4 is 10.5 Å². The van der Waals surface area contributed by atoms with Gasteiger partial charge >= 0.3 is 0 Å². The quantitative estimate of drug-likeness (QED) is 0.844. The molecule has 2 rings (SSSR count). The predicted octanol–water partition coefficient (Wildman–Crippen LogP) is 3.85. The maximum absolute atomic E-state index is 12.8. The molecule has 0 spiro atoms. The number of amides is 1. The van der Waals surface area contributed by atoms with Crippen molar-refractivity contribution < 1.29 is 13.2 Å². The molecule has 3 N–H and O–H groups in total. The number of halogens is 1. The molecule has 2 aromatic carbocycles. The fourth-order valence-corrected chi connectivity index (χ4v) is 3.88. The first-order valence-electron chi connectivity index (χ1n) is 7.65. The van der Waals surface area contributed by atoms with E-state index in [-0.39, 0.29) is 26.6 Å². The lowest BCUT2D eigenvalue weighted by molar-refractivity contribution is 0.100. The average molecular weight is 381 g/mol. The summed E-state index contributed by atoms with van der Waals surface area (Å²) in [5.74, 6) is -0.725. The molecule has 25 heavy (non-hydrogen) atoms. The molecule has 5 nitrogen and oxygen atoms in total. The number of primary amides is 1. The maximum Gasteiger partial charge on any atom is 0.262 e. The van der Waals surface area contributed by atoms with E-state index >= 15 is 0 Å². The number of nitrogens with one attached hydrogen (secondary N) is 1. The van der Waals surface area contributed by atoms with Crippen molar-refractivity contribution in [3.8, 4) is 0 Å². The molecule has 0 aromatic heterocycles. The molecule has 0 bridgehead atoms. The first kappa shape index (κ1) is 19.3. The molecule has 1 amide bonds. The number of rotatable bonds is 4. The minimum Gasteiger partial charge on any atom is -0.366 e. The van der Waals surface area contributed by atoms with Gasteiger partial charge in [-0.05, 0) is 47.7 Å². The summed E-state index contributed by atoms with van der Waals surface area (Å²) in [5.41, 5.74) is 6.88. The topological polar surface area (TPSA) is 89.3 Å². The van der Waals surface area contributed by atoms with Gasteiger partial charge in [0.05, 0.1) is 15.5 Å². The van der Waals surface area contributed by atoms with E-state index < -0.39 is 15.9 Å². The molecule has 0 atom stereocenters. The van der Waals surface area contributed by atoms with Gasteiger partial charge in [0.25, 0.3) is 10.0 Å². The summed E-state index contributed by atoms with van der Waals surface area (Å²) < 4.78 is 28.1. The zero-order valence-corrected chi connectivity index (χ0v) is 16.1. The second-order valence-electron chi connectivity index (χ2n) is 6.89. The van der Waals surface area contributed by atoms with E-state index in [2.05, 4.69) is 4.72 Å². The van der Waals surface area contributed by atoms with Crippen LogP contribution in [-0.4, -0.2) is 14.3 Å². The van der Waals surface area contributed by atoms with Crippen LogP contribution in [0.2, 0.25) is 5.02 Å². The van der Waals surface area contributed by atoms with Gasteiger partial charge in [0, 0.05) is 5.69 Å². The van der Waals surface area contributed by atoms with Crippen LogP contribution in [0.25, 0.3) is 0 Å². The minimum absolute atomic E-state index is 0.0574. The van der Waals surface area contributed by atoms with Gasteiger partial charge in [-0.25, -0.2) is 8.42 Å². The summed E-state index contributed by atoms with van der Waals surface area (Å²) in [4.78, 5) is 11.6. The largest absolute Gasteiger partial charge is 0.366 e. The molecule has 0 saturated carbocycles. The van der Waals surface area contributed by atoms with E-state index in [1.165, 1.54) is 18.2 Å². The molecule has 134 valence electrons. The Morgan fingerprint density at radius 3 is 2.32 bits per heavy atom. The monoisotopic (exact) mass is 380 g/mol. The molecule has 2 aromatic rings. The van der Waals surface area contributed by atoms with E-state index in [1.807, 2.05) is 26.8 Å². The van der Waals surface area contributed by atoms with Crippen molar-refractivity contribution in [1.82, 2.24) is 0 Å². The fourth-order valence-electron chi connectivity index (χ4n) is 2.34. The molecule has 7 heteroatoms. The number of sulfonamides is 1. The summed E-state index contributed by atoms with van der Waals surface area (Å²) in [6.45, 7) is 7.77. The third-order valence-corrected chi connectivity index (χ3v) is 5.68. The number of hydrogen-bond acceptors (Lipinski definition) is 3. The second-order valence-corrected chi connectivity index (χ2v) is 8.95. The zero-order chi connectivity index (χ0) is 19.0. The third kappa shape index (κ3) is 4.32. The lowest BCUT2D eigenvalue weighted by atomic mass is 9.87. The van der Waals surface area contributed by atoms with Crippen molar-refractivity contribution in [3.63, 3.8) is 0 Å². The van der Waals surface area contributed by atoms with E-state index in [9.17, 15) is 13.2 Å². The summed E-state index contributed by atoms with van der Waals surface area (Å²) >= 11 is 5.90. The first-order valence-corrected chi connectivity index (χ1v) is 9.51. The molecule has 0 fully saturated rings. The standard InChI is InChI=1S/C18H21ClN2O3S/c1-11-5-6-12(18(2,3)4)9-16(11)25(23,24)21-13-7-8-15(19)14(10-13)17(20)22/h5-10,21H,1-4H3,(H2,20,22). The van der Waals surface area contributed by atoms with E-state index in [4.69, 9.17) is 17.3 Å². The molecular formula is C18H21ClN2O3S. The molecule has 0 aliphatic carbocycles. The number of carbonyl (C=O) groups is 1. The van der Waals surface area contributed by atoms with Gasteiger partial charge in [0.15, 0.2) is 0 Å². The van der Waals surface area contributed by atoms with Crippen molar-refractivity contribution in [1.29, 1.82) is 0 Å². The van der Waals surface area contributed by atoms with Crippen molar-refractivity contribution in [2.75, 3.05) is 4.72 Å². The Morgan fingerprint density at radius 1 is 1.12 bits per heavy atom. The molecule has 0 radical (unpaired) electrons. The number of nitrogens with two attached hydrogens (primary N) is 1. The SMILES string of the molecule is Cc1ccc(C(C)(C)C)cc1S(=O)(=O)Nc1ccc(Cl)c(C(N)=O)c1. The van der Waals surface area contributed by atoms with Gasteiger partial charge in [0.1, 0.15) is 0 Å². The predicted molar refractivity (Wildman–Crippen MR) is 101 cm³/mol. The van der Waals surface area contributed by atoms with E-state index in [0.717, 1.165) is 5.56 Å². The van der Waals surface area contributed by atoms with Crippen LogP contribution in [0, 0.1) is 6.92 Å². The molecule has 0 unspecified atom stereocenters. The van der Waals surface area contributed by atoms with Crippen LogP contribution in [0.3, 0.4) is 0 Å². The lowest BCUT2D eigenvalue weighted by Crippen LogP contribution is -2.18. The number of anilines is 1. The summed E-state index contributed by atoms with van der Waals surface area (Å²) in [6.07, 6.45) is 0. The van der Waals surface area contributed by atoms with Gasteiger partial charge in [0.2, 0.25) is 5.91 Å². The second kappa shape index (κ2) is 6.69. The Morgan fingerprint density at radius 2 is 1.76 bits per heavy atom. The Balaban J connectivity index is 2.47. The molecule has 0 aliphatic rings. The summed E-state index contributed by atoms with van der Waals surface area (Å²) in [5, 5.41) is 0.168. The highest BCUT2D eigenvalue weighted by Crippen LogP contribution is 2.28. The first-order chi connectivity index (χ1) is 11.4. The number of aryl methyl sites for hydroxylation is 1. The number of benzene rings is 2. The molecule has 0 heterocycles. The Kier molecular flexibility index (Phi) is 5.16. The van der Waals surface area contributed by atoms with Gasteiger partial charge in [-0.3, -0.25) is 9.52 Å². The number of hydrogen-bond donors (Lipinski definition) is 2. The van der Waals surface area contributed by atoms with Crippen LogP contribution in [0.5, 0.6) is 0 Å². The number of carbonyl (C=O) groups excluding carboxylic acids is 1. The molecule has 0 aliphatic heterocycles. The van der Waals surface area contributed by atoms with Crippen LogP contribution >= 0.6 is 11.6 Å². The zero-order valence-electron chi connectivity index (χ0n) is 14.6. The highest BCUT2D eigenvalue weighted by molar-refractivity contribution is 7.92. The lowest BCUT2D eigenvalue weighted by Gasteiger charge is -2.21. The molecule has 0 saturated heterocycles. The van der Waals surface area contributed by atoms with Crippen LogP contribution in [0.1, 0.15) is 42.3 Å². The smallest absolute Gasteiger partial charge is 0.262 e.